The van der Waals surface area contributed by atoms with Crippen LogP contribution in [0.2, 0.25) is 0 Å². The predicted molar refractivity (Wildman–Crippen MR) is 94.8 cm³/mol. The molecule has 2 rings (SSSR count). The standard InChI is InChI=1S/C18H19N3O4/c1-3-17(14-6-10-16(25-2)11-7-14)19-20-18(22)12-13-4-8-15(9-5-13)21(23)24/h4-11H,3,12H2,1-2H3,(H,20,22)/b19-17+. The summed E-state index contributed by atoms with van der Waals surface area (Å²) in [6.45, 7) is 1.95. The van der Waals surface area contributed by atoms with Gasteiger partial charge in [-0.25, -0.2) is 5.43 Å². The Kier molecular flexibility index (Phi) is 6.22. The summed E-state index contributed by atoms with van der Waals surface area (Å²) in [6, 6.07) is 13.3. The van der Waals surface area contributed by atoms with E-state index in [1.165, 1.54) is 12.1 Å². The number of hydrazone groups is 1. The number of nitrogens with one attached hydrogen (secondary N) is 1. The molecule has 1 amide bonds. The van der Waals surface area contributed by atoms with Crippen molar-refractivity contribution < 1.29 is 14.5 Å². The zero-order chi connectivity index (χ0) is 18.2. The van der Waals surface area contributed by atoms with E-state index in [-0.39, 0.29) is 18.0 Å². The van der Waals surface area contributed by atoms with Gasteiger partial charge in [0.1, 0.15) is 5.75 Å². The van der Waals surface area contributed by atoms with Gasteiger partial charge in [-0.05, 0) is 41.8 Å². The van der Waals surface area contributed by atoms with Gasteiger partial charge in [-0.15, -0.1) is 0 Å². The van der Waals surface area contributed by atoms with Gasteiger partial charge in [0.2, 0.25) is 5.91 Å². The van der Waals surface area contributed by atoms with Crippen molar-refractivity contribution in [2.45, 2.75) is 19.8 Å². The summed E-state index contributed by atoms with van der Waals surface area (Å²) in [7, 11) is 1.60. The summed E-state index contributed by atoms with van der Waals surface area (Å²) in [5, 5.41) is 14.8. The number of carbonyl (C=O) groups is 1. The Bertz CT molecular complexity index is 768. The third-order valence-corrected chi connectivity index (χ3v) is 3.59. The van der Waals surface area contributed by atoms with Gasteiger partial charge in [0.25, 0.3) is 5.69 Å². The number of amides is 1. The molecule has 0 saturated carbocycles. The number of non-ortho nitro benzene ring substituents is 1. The minimum Gasteiger partial charge on any atom is -0.497 e. The summed E-state index contributed by atoms with van der Waals surface area (Å²) in [5.74, 6) is 0.467. The lowest BCUT2D eigenvalue weighted by Crippen LogP contribution is -2.21. The van der Waals surface area contributed by atoms with Crippen LogP contribution in [0.25, 0.3) is 0 Å². The van der Waals surface area contributed by atoms with Gasteiger partial charge >= 0.3 is 0 Å². The van der Waals surface area contributed by atoms with E-state index in [1.807, 2.05) is 31.2 Å². The number of carbonyl (C=O) groups excluding carboxylic acids is 1. The van der Waals surface area contributed by atoms with E-state index >= 15 is 0 Å². The van der Waals surface area contributed by atoms with E-state index in [0.29, 0.717) is 12.0 Å². The Balaban J connectivity index is 2.00. The van der Waals surface area contributed by atoms with E-state index in [1.54, 1.807) is 19.2 Å². The Labute approximate surface area is 145 Å². The number of benzene rings is 2. The van der Waals surface area contributed by atoms with Crippen LogP contribution >= 0.6 is 0 Å². The molecule has 0 aliphatic heterocycles. The van der Waals surface area contributed by atoms with Crippen LogP contribution in [0.1, 0.15) is 24.5 Å². The Morgan fingerprint density at radius 3 is 2.32 bits per heavy atom. The molecule has 7 heteroatoms. The first-order valence-electron chi connectivity index (χ1n) is 7.76. The topological polar surface area (TPSA) is 93.8 Å². The SMILES string of the molecule is CC/C(=N\NC(=O)Cc1ccc([N+](=O)[O-])cc1)c1ccc(OC)cc1. The first kappa shape index (κ1) is 18.1. The van der Waals surface area contributed by atoms with E-state index in [9.17, 15) is 14.9 Å². The van der Waals surface area contributed by atoms with Crippen molar-refractivity contribution >= 4 is 17.3 Å². The molecule has 0 atom stereocenters. The van der Waals surface area contributed by atoms with Crippen LogP contribution in [0.5, 0.6) is 5.75 Å². The van der Waals surface area contributed by atoms with Crippen LogP contribution in [0, 0.1) is 10.1 Å². The molecule has 0 aliphatic rings. The zero-order valence-electron chi connectivity index (χ0n) is 14.1. The van der Waals surface area contributed by atoms with Crippen molar-refractivity contribution in [2.75, 3.05) is 7.11 Å². The second kappa shape index (κ2) is 8.58. The summed E-state index contributed by atoms with van der Waals surface area (Å²) in [4.78, 5) is 22.2. The fourth-order valence-electron chi connectivity index (χ4n) is 2.22. The fraction of sp³-hybridized carbons (Fsp3) is 0.222. The predicted octanol–water partition coefficient (Wildman–Crippen LogP) is 3.08. The molecule has 0 saturated heterocycles. The zero-order valence-corrected chi connectivity index (χ0v) is 14.1. The van der Waals surface area contributed by atoms with Gasteiger partial charge in [-0.1, -0.05) is 19.1 Å². The number of nitrogens with zero attached hydrogens (tertiary/aromatic N) is 2. The minimum absolute atomic E-state index is 0.00467. The highest BCUT2D eigenvalue weighted by Crippen LogP contribution is 2.14. The monoisotopic (exact) mass is 341 g/mol. The largest absolute Gasteiger partial charge is 0.497 e. The molecule has 2 aromatic rings. The maximum Gasteiger partial charge on any atom is 0.269 e. The van der Waals surface area contributed by atoms with Crippen molar-refractivity contribution in [3.63, 3.8) is 0 Å². The van der Waals surface area contributed by atoms with E-state index in [4.69, 9.17) is 4.74 Å². The third-order valence-electron chi connectivity index (χ3n) is 3.59. The lowest BCUT2D eigenvalue weighted by atomic mass is 10.1. The molecule has 0 unspecified atom stereocenters. The quantitative estimate of drug-likeness (QED) is 0.476. The number of methoxy groups -OCH3 is 1. The number of nitro groups is 1. The molecule has 0 heterocycles. The number of hydrogen-bond donors (Lipinski definition) is 1. The molecule has 0 aliphatic carbocycles. The summed E-state index contributed by atoms with van der Waals surface area (Å²) < 4.78 is 5.12. The highest BCUT2D eigenvalue weighted by Gasteiger charge is 2.08. The Morgan fingerprint density at radius 2 is 1.80 bits per heavy atom. The minimum atomic E-state index is -0.476. The molecule has 1 N–H and O–H groups in total. The molecule has 0 spiro atoms. The molecular formula is C18H19N3O4. The average molecular weight is 341 g/mol. The van der Waals surface area contributed by atoms with Gasteiger partial charge in [-0.2, -0.15) is 5.10 Å². The maximum absolute atomic E-state index is 12.0. The van der Waals surface area contributed by atoms with Gasteiger partial charge in [0, 0.05) is 12.1 Å². The normalized spacial score (nSPS) is 11.0. The maximum atomic E-state index is 12.0. The molecule has 25 heavy (non-hydrogen) atoms. The van der Waals surface area contributed by atoms with Crippen molar-refractivity contribution in [1.82, 2.24) is 5.43 Å². The highest BCUT2D eigenvalue weighted by atomic mass is 16.6. The van der Waals surface area contributed by atoms with Crippen molar-refractivity contribution in [3.05, 3.63) is 69.8 Å². The van der Waals surface area contributed by atoms with Crippen molar-refractivity contribution in [2.24, 2.45) is 5.10 Å². The van der Waals surface area contributed by atoms with Crippen LogP contribution in [0.4, 0.5) is 5.69 Å². The molecular weight excluding hydrogens is 322 g/mol. The Hall–Kier alpha value is -3.22. The van der Waals surface area contributed by atoms with Crippen LogP contribution in [0.15, 0.2) is 53.6 Å². The molecule has 0 radical (unpaired) electrons. The van der Waals surface area contributed by atoms with E-state index < -0.39 is 4.92 Å². The fourth-order valence-corrected chi connectivity index (χ4v) is 2.22. The van der Waals surface area contributed by atoms with Crippen LogP contribution < -0.4 is 10.2 Å². The van der Waals surface area contributed by atoms with Gasteiger partial charge in [-0.3, -0.25) is 14.9 Å². The average Bonchev–Trinajstić information content (AvgIpc) is 2.63. The molecule has 7 nitrogen and oxygen atoms in total. The van der Waals surface area contributed by atoms with Crippen LogP contribution in [-0.4, -0.2) is 23.7 Å². The lowest BCUT2D eigenvalue weighted by Gasteiger charge is -2.06. The lowest BCUT2D eigenvalue weighted by molar-refractivity contribution is -0.384. The first-order chi connectivity index (χ1) is 12.0. The van der Waals surface area contributed by atoms with E-state index in [2.05, 4.69) is 10.5 Å². The summed E-state index contributed by atoms with van der Waals surface area (Å²) in [5.41, 5.74) is 4.86. The molecule has 0 fully saturated rings. The summed E-state index contributed by atoms with van der Waals surface area (Å²) >= 11 is 0. The van der Waals surface area contributed by atoms with Gasteiger partial charge in [0.15, 0.2) is 0 Å². The van der Waals surface area contributed by atoms with E-state index in [0.717, 1.165) is 17.0 Å². The third kappa shape index (κ3) is 5.13. The Morgan fingerprint density at radius 1 is 1.16 bits per heavy atom. The second-order valence-electron chi connectivity index (χ2n) is 5.28. The molecule has 0 bridgehead atoms. The first-order valence-corrected chi connectivity index (χ1v) is 7.76. The number of nitro benzene ring substituents is 1. The summed E-state index contributed by atoms with van der Waals surface area (Å²) in [6.07, 6.45) is 0.755. The smallest absolute Gasteiger partial charge is 0.269 e. The second-order valence-corrected chi connectivity index (χ2v) is 5.28. The molecule has 0 aromatic heterocycles. The molecule has 130 valence electrons. The number of hydrogen-bond acceptors (Lipinski definition) is 5. The number of ether oxygens (including phenoxy) is 1. The van der Waals surface area contributed by atoms with Crippen molar-refractivity contribution in [3.8, 4) is 5.75 Å². The van der Waals surface area contributed by atoms with Crippen LogP contribution in [0.3, 0.4) is 0 Å². The van der Waals surface area contributed by atoms with Gasteiger partial charge < -0.3 is 4.74 Å². The van der Waals surface area contributed by atoms with Crippen molar-refractivity contribution in [1.29, 1.82) is 0 Å². The number of rotatable bonds is 7. The van der Waals surface area contributed by atoms with Gasteiger partial charge in [0.05, 0.1) is 24.2 Å². The van der Waals surface area contributed by atoms with Crippen LogP contribution in [-0.2, 0) is 11.2 Å². The molecule has 2 aromatic carbocycles. The highest BCUT2D eigenvalue weighted by molar-refractivity contribution is 6.01.